The molecular weight excluding hydrogens is 386 g/mol. The molecule has 0 unspecified atom stereocenters. The first kappa shape index (κ1) is 18.9. The standard InChI is InChI=1S/C21H19N5O2S/c1-13(2)26-10-17(16-9-22-5-4-18(16)26)21(28)14-3-6-23-19(7-14)25-20(27)8-15-11-29-12-24-15/h3-7,9-13H,8H2,1-2H3,(H,23,25,27). The predicted molar refractivity (Wildman–Crippen MR) is 112 cm³/mol. The van der Waals surface area contributed by atoms with Gasteiger partial charge in [-0.1, -0.05) is 0 Å². The summed E-state index contributed by atoms with van der Waals surface area (Å²) in [5, 5.41) is 5.36. The smallest absolute Gasteiger partial charge is 0.231 e. The van der Waals surface area contributed by atoms with Crippen molar-refractivity contribution in [2.45, 2.75) is 26.3 Å². The molecule has 0 aromatic carbocycles. The number of hydrogen-bond acceptors (Lipinski definition) is 6. The number of nitrogens with zero attached hydrogens (tertiary/aromatic N) is 4. The fraction of sp³-hybridized carbons (Fsp3) is 0.190. The molecule has 0 spiro atoms. The number of hydrogen-bond donors (Lipinski definition) is 1. The van der Waals surface area contributed by atoms with Crippen molar-refractivity contribution in [2.75, 3.05) is 5.32 Å². The molecule has 0 aliphatic carbocycles. The maximum Gasteiger partial charge on any atom is 0.231 e. The Bertz CT molecular complexity index is 1180. The van der Waals surface area contributed by atoms with Gasteiger partial charge in [-0.3, -0.25) is 14.6 Å². The summed E-state index contributed by atoms with van der Waals surface area (Å²) in [4.78, 5) is 37.8. The highest BCUT2D eigenvalue weighted by Gasteiger charge is 2.19. The van der Waals surface area contributed by atoms with Crippen LogP contribution >= 0.6 is 11.3 Å². The van der Waals surface area contributed by atoms with Gasteiger partial charge in [0.05, 0.1) is 23.1 Å². The summed E-state index contributed by atoms with van der Waals surface area (Å²) in [5.41, 5.74) is 4.38. The number of aromatic nitrogens is 4. The van der Waals surface area contributed by atoms with E-state index in [1.54, 1.807) is 30.0 Å². The van der Waals surface area contributed by atoms with E-state index in [4.69, 9.17) is 0 Å². The normalized spacial score (nSPS) is 11.1. The number of nitrogens with one attached hydrogen (secondary N) is 1. The molecule has 0 atom stereocenters. The number of amides is 1. The van der Waals surface area contributed by atoms with Gasteiger partial charge in [-0.05, 0) is 32.0 Å². The highest BCUT2D eigenvalue weighted by molar-refractivity contribution is 7.07. The first-order chi connectivity index (χ1) is 14.0. The van der Waals surface area contributed by atoms with Crippen LogP contribution in [0.5, 0.6) is 0 Å². The zero-order valence-electron chi connectivity index (χ0n) is 16.0. The van der Waals surface area contributed by atoms with Crippen LogP contribution in [0.1, 0.15) is 41.5 Å². The fourth-order valence-corrected chi connectivity index (χ4v) is 3.74. The van der Waals surface area contributed by atoms with Gasteiger partial charge in [-0.2, -0.15) is 0 Å². The van der Waals surface area contributed by atoms with Gasteiger partial charge < -0.3 is 9.88 Å². The van der Waals surface area contributed by atoms with E-state index in [1.165, 1.54) is 17.5 Å². The number of fused-ring (bicyclic) bond motifs is 1. The largest absolute Gasteiger partial charge is 0.344 e. The quantitative estimate of drug-likeness (QED) is 0.492. The van der Waals surface area contributed by atoms with Crippen LogP contribution in [0.2, 0.25) is 0 Å². The average molecular weight is 405 g/mol. The number of rotatable bonds is 6. The van der Waals surface area contributed by atoms with E-state index in [9.17, 15) is 9.59 Å². The molecule has 0 aliphatic heterocycles. The summed E-state index contributed by atoms with van der Waals surface area (Å²) in [6.45, 7) is 4.13. The summed E-state index contributed by atoms with van der Waals surface area (Å²) in [7, 11) is 0. The SMILES string of the molecule is CC(C)n1cc(C(=O)c2ccnc(NC(=O)Cc3cscn3)c2)c2cnccc21. The minimum atomic E-state index is -0.228. The Labute approximate surface area is 171 Å². The van der Waals surface area contributed by atoms with Crippen molar-refractivity contribution in [1.29, 1.82) is 0 Å². The molecule has 4 aromatic heterocycles. The van der Waals surface area contributed by atoms with E-state index < -0.39 is 0 Å². The Kier molecular flexibility index (Phi) is 5.18. The summed E-state index contributed by atoms with van der Waals surface area (Å²) >= 11 is 1.44. The van der Waals surface area contributed by atoms with Crippen molar-refractivity contribution < 1.29 is 9.59 Å². The Balaban J connectivity index is 1.61. The topological polar surface area (TPSA) is 89.8 Å². The van der Waals surface area contributed by atoms with E-state index in [0.29, 0.717) is 22.6 Å². The summed E-state index contributed by atoms with van der Waals surface area (Å²) in [6.07, 6.45) is 6.97. The van der Waals surface area contributed by atoms with Gasteiger partial charge in [0.15, 0.2) is 5.78 Å². The van der Waals surface area contributed by atoms with Crippen molar-refractivity contribution in [3.05, 3.63) is 70.7 Å². The lowest BCUT2D eigenvalue weighted by molar-refractivity contribution is -0.115. The van der Waals surface area contributed by atoms with Gasteiger partial charge in [0, 0.05) is 52.7 Å². The molecule has 1 N–H and O–H groups in total. The van der Waals surface area contributed by atoms with Crippen LogP contribution in [0.4, 0.5) is 5.82 Å². The van der Waals surface area contributed by atoms with Gasteiger partial charge in [-0.25, -0.2) is 9.97 Å². The van der Waals surface area contributed by atoms with Crippen LogP contribution in [0, 0.1) is 0 Å². The maximum atomic E-state index is 13.2. The monoisotopic (exact) mass is 405 g/mol. The number of carbonyl (C=O) groups excluding carboxylic acids is 2. The van der Waals surface area contributed by atoms with E-state index in [2.05, 4.69) is 38.7 Å². The van der Waals surface area contributed by atoms with Crippen LogP contribution in [-0.2, 0) is 11.2 Å². The lowest BCUT2D eigenvalue weighted by atomic mass is 10.0. The molecule has 146 valence electrons. The molecule has 0 radical (unpaired) electrons. The third-order valence-corrected chi connectivity index (χ3v) is 5.19. The first-order valence-corrected chi connectivity index (χ1v) is 10.1. The highest BCUT2D eigenvalue weighted by Crippen LogP contribution is 2.26. The Morgan fingerprint density at radius 3 is 2.83 bits per heavy atom. The molecule has 0 saturated carbocycles. The predicted octanol–water partition coefficient (Wildman–Crippen LogP) is 3.88. The molecule has 0 aliphatic rings. The van der Waals surface area contributed by atoms with Gasteiger partial charge in [0.1, 0.15) is 5.82 Å². The molecule has 0 bridgehead atoms. The molecule has 0 saturated heterocycles. The van der Waals surface area contributed by atoms with E-state index in [0.717, 1.165) is 10.9 Å². The molecule has 29 heavy (non-hydrogen) atoms. The average Bonchev–Trinajstić information content (AvgIpc) is 3.35. The molecular formula is C21H19N5O2S. The number of thiazole rings is 1. The second kappa shape index (κ2) is 7.92. The Hall–Kier alpha value is -3.39. The molecule has 4 aromatic rings. The second-order valence-corrected chi connectivity index (χ2v) is 7.62. The highest BCUT2D eigenvalue weighted by atomic mass is 32.1. The number of pyridine rings is 2. The van der Waals surface area contributed by atoms with E-state index in [1.807, 2.05) is 17.6 Å². The Morgan fingerprint density at radius 1 is 1.21 bits per heavy atom. The second-order valence-electron chi connectivity index (χ2n) is 6.90. The van der Waals surface area contributed by atoms with Gasteiger partial charge in [0.2, 0.25) is 5.91 Å². The van der Waals surface area contributed by atoms with Crippen molar-refractivity contribution in [3.63, 3.8) is 0 Å². The molecule has 7 nitrogen and oxygen atoms in total. The summed E-state index contributed by atoms with van der Waals surface area (Å²) in [5.74, 6) is -0.0322. The molecule has 4 heterocycles. The van der Waals surface area contributed by atoms with Crippen LogP contribution in [0.3, 0.4) is 0 Å². The number of ketones is 1. The lowest BCUT2D eigenvalue weighted by Crippen LogP contribution is -2.16. The molecule has 0 fully saturated rings. The molecule has 4 rings (SSSR count). The lowest BCUT2D eigenvalue weighted by Gasteiger charge is -2.08. The zero-order valence-corrected chi connectivity index (χ0v) is 16.8. The third-order valence-electron chi connectivity index (χ3n) is 4.55. The zero-order chi connectivity index (χ0) is 20.4. The maximum absolute atomic E-state index is 13.2. The molecule has 8 heteroatoms. The van der Waals surface area contributed by atoms with Crippen LogP contribution < -0.4 is 5.32 Å². The van der Waals surface area contributed by atoms with Crippen LogP contribution in [0.25, 0.3) is 10.9 Å². The van der Waals surface area contributed by atoms with Gasteiger partial charge >= 0.3 is 0 Å². The van der Waals surface area contributed by atoms with E-state index in [-0.39, 0.29) is 24.2 Å². The first-order valence-electron chi connectivity index (χ1n) is 9.15. The molecule has 1 amide bonds. The third kappa shape index (κ3) is 3.93. The summed E-state index contributed by atoms with van der Waals surface area (Å²) < 4.78 is 2.06. The van der Waals surface area contributed by atoms with Crippen molar-refractivity contribution in [3.8, 4) is 0 Å². The number of anilines is 1. The van der Waals surface area contributed by atoms with Gasteiger partial charge in [-0.15, -0.1) is 11.3 Å². The van der Waals surface area contributed by atoms with Gasteiger partial charge in [0.25, 0.3) is 0 Å². The minimum Gasteiger partial charge on any atom is -0.344 e. The van der Waals surface area contributed by atoms with E-state index >= 15 is 0 Å². The minimum absolute atomic E-state index is 0.139. The van der Waals surface area contributed by atoms with Crippen molar-refractivity contribution in [2.24, 2.45) is 0 Å². The fourth-order valence-electron chi connectivity index (χ4n) is 3.18. The van der Waals surface area contributed by atoms with Crippen molar-refractivity contribution in [1.82, 2.24) is 19.5 Å². The van der Waals surface area contributed by atoms with Crippen LogP contribution in [0.15, 0.2) is 53.9 Å². The van der Waals surface area contributed by atoms with Crippen molar-refractivity contribution >= 4 is 39.7 Å². The van der Waals surface area contributed by atoms with Crippen LogP contribution in [-0.4, -0.2) is 31.2 Å². The summed E-state index contributed by atoms with van der Waals surface area (Å²) in [6, 6.07) is 5.35. The number of carbonyl (C=O) groups is 2. The Morgan fingerprint density at radius 2 is 2.07 bits per heavy atom.